The minimum atomic E-state index is -0.833. The molecule has 0 spiro atoms. The van der Waals surface area contributed by atoms with Gasteiger partial charge in [0.25, 0.3) is 5.91 Å². The van der Waals surface area contributed by atoms with Crippen LogP contribution >= 0.6 is 0 Å². The summed E-state index contributed by atoms with van der Waals surface area (Å²) in [7, 11) is 3.07. The number of phenols is 1. The van der Waals surface area contributed by atoms with Crippen molar-refractivity contribution in [2.75, 3.05) is 25.7 Å². The largest absolute Gasteiger partial charge is 0.508 e. The Kier molecular flexibility index (Phi) is 8.82. The van der Waals surface area contributed by atoms with Crippen molar-refractivity contribution in [2.45, 2.75) is 39.8 Å². The molecule has 0 saturated heterocycles. The molecule has 1 aromatic heterocycles. The number of hydrogen-bond donors (Lipinski definition) is 2. The molecule has 2 N–H and O–H groups in total. The summed E-state index contributed by atoms with van der Waals surface area (Å²) < 4.78 is 10.6. The molecular formula is C25H32N6O5. The highest BCUT2D eigenvalue weighted by atomic mass is 16.5. The Hall–Kier alpha value is -4.15. The fraction of sp³-hybridized carbons (Fsp3) is 0.400. The van der Waals surface area contributed by atoms with E-state index in [2.05, 4.69) is 34.6 Å². The molecule has 3 aromatic rings. The number of ether oxygens (including phenoxy) is 2. The maximum absolute atomic E-state index is 13.4. The second kappa shape index (κ2) is 12.0. The van der Waals surface area contributed by atoms with E-state index in [0.29, 0.717) is 41.0 Å². The standard InChI is InChI=1S/C25H32N6O5/c1-16(2)11-12-26-25(34)17(3)31(19-7-6-8-20(32)14-19)23(33)15-30-28-24(27-29-30)18-9-10-21(35-4)22(13-18)36-5/h6-10,13-14,16-17,32H,11-12,15H2,1-5H3,(H,26,34). The van der Waals surface area contributed by atoms with Crippen LogP contribution < -0.4 is 19.7 Å². The number of carbonyl (C=O) groups excluding carboxylic acids is 2. The van der Waals surface area contributed by atoms with E-state index in [1.165, 1.54) is 24.1 Å². The van der Waals surface area contributed by atoms with Crippen LogP contribution in [0.25, 0.3) is 11.4 Å². The molecule has 1 unspecified atom stereocenters. The zero-order chi connectivity index (χ0) is 26.2. The van der Waals surface area contributed by atoms with Crippen molar-refractivity contribution in [3.05, 3.63) is 42.5 Å². The first kappa shape index (κ1) is 26.5. The van der Waals surface area contributed by atoms with Gasteiger partial charge in [0.2, 0.25) is 11.7 Å². The predicted molar refractivity (Wildman–Crippen MR) is 134 cm³/mol. The lowest BCUT2D eigenvalue weighted by molar-refractivity contribution is -0.126. The van der Waals surface area contributed by atoms with Gasteiger partial charge in [-0.1, -0.05) is 19.9 Å². The number of anilines is 1. The Morgan fingerprint density at radius 2 is 1.83 bits per heavy atom. The third-order valence-electron chi connectivity index (χ3n) is 5.54. The molecular weight excluding hydrogens is 464 g/mol. The number of carbonyl (C=O) groups is 2. The molecule has 2 aromatic carbocycles. The lowest BCUT2D eigenvalue weighted by Gasteiger charge is -2.28. The van der Waals surface area contributed by atoms with Crippen LogP contribution in [0.5, 0.6) is 17.2 Å². The van der Waals surface area contributed by atoms with Crippen LogP contribution in [0, 0.1) is 5.92 Å². The van der Waals surface area contributed by atoms with Crippen LogP contribution in [0.1, 0.15) is 27.2 Å². The molecule has 0 bridgehead atoms. The highest BCUT2D eigenvalue weighted by Gasteiger charge is 2.28. The number of hydrogen-bond acceptors (Lipinski definition) is 8. The number of benzene rings is 2. The summed E-state index contributed by atoms with van der Waals surface area (Å²) >= 11 is 0. The van der Waals surface area contributed by atoms with E-state index in [4.69, 9.17) is 9.47 Å². The third kappa shape index (κ3) is 6.49. The van der Waals surface area contributed by atoms with Gasteiger partial charge >= 0.3 is 0 Å². The summed E-state index contributed by atoms with van der Waals surface area (Å²) in [5.41, 5.74) is 1.01. The van der Waals surface area contributed by atoms with Crippen LogP contribution in [-0.4, -0.2) is 63.9 Å². The fourth-order valence-corrected chi connectivity index (χ4v) is 3.57. The molecule has 2 amide bonds. The molecule has 1 atom stereocenters. The maximum atomic E-state index is 13.4. The summed E-state index contributed by atoms with van der Waals surface area (Å²) in [6.45, 7) is 6.01. The molecule has 36 heavy (non-hydrogen) atoms. The number of amides is 2. The Labute approximate surface area is 210 Å². The van der Waals surface area contributed by atoms with Crippen molar-refractivity contribution in [2.24, 2.45) is 5.92 Å². The Morgan fingerprint density at radius 1 is 1.08 bits per heavy atom. The van der Waals surface area contributed by atoms with Crippen molar-refractivity contribution in [3.8, 4) is 28.6 Å². The van der Waals surface area contributed by atoms with Crippen LogP contribution in [0.4, 0.5) is 5.69 Å². The van der Waals surface area contributed by atoms with Crippen LogP contribution in [-0.2, 0) is 16.1 Å². The smallest absolute Gasteiger partial charge is 0.251 e. The minimum Gasteiger partial charge on any atom is -0.508 e. The lowest BCUT2D eigenvalue weighted by atomic mass is 10.1. The molecule has 0 saturated carbocycles. The van der Waals surface area contributed by atoms with Crippen molar-refractivity contribution in [1.29, 1.82) is 0 Å². The lowest BCUT2D eigenvalue weighted by Crippen LogP contribution is -2.49. The van der Waals surface area contributed by atoms with E-state index in [1.54, 1.807) is 44.4 Å². The van der Waals surface area contributed by atoms with E-state index in [0.717, 1.165) is 11.2 Å². The molecule has 11 heteroatoms. The van der Waals surface area contributed by atoms with Crippen molar-refractivity contribution < 1.29 is 24.2 Å². The first-order chi connectivity index (χ1) is 17.2. The number of nitrogens with zero attached hydrogens (tertiary/aromatic N) is 5. The normalized spacial score (nSPS) is 11.7. The average Bonchev–Trinajstić information content (AvgIpc) is 3.31. The number of aromatic nitrogens is 4. The SMILES string of the molecule is COc1ccc(-c2nnn(CC(=O)N(c3cccc(O)c3)C(C)C(=O)NCCC(C)C)n2)cc1OC. The molecule has 0 aliphatic rings. The average molecular weight is 497 g/mol. The number of phenolic OH excluding ortho intramolecular Hbond substituents is 1. The van der Waals surface area contributed by atoms with E-state index in [9.17, 15) is 14.7 Å². The van der Waals surface area contributed by atoms with Gasteiger partial charge < -0.3 is 19.9 Å². The van der Waals surface area contributed by atoms with E-state index in [-0.39, 0.29) is 18.2 Å². The van der Waals surface area contributed by atoms with Gasteiger partial charge in [-0.25, -0.2) is 0 Å². The van der Waals surface area contributed by atoms with Gasteiger partial charge in [-0.05, 0) is 54.8 Å². The molecule has 0 aliphatic carbocycles. The highest BCUT2D eigenvalue weighted by molar-refractivity contribution is 6.00. The van der Waals surface area contributed by atoms with Crippen molar-refractivity contribution >= 4 is 17.5 Å². The zero-order valence-electron chi connectivity index (χ0n) is 21.1. The van der Waals surface area contributed by atoms with E-state index in [1.807, 2.05) is 0 Å². The second-order valence-electron chi connectivity index (χ2n) is 8.65. The van der Waals surface area contributed by atoms with E-state index >= 15 is 0 Å². The number of tetrazole rings is 1. The van der Waals surface area contributed by atoms with Crippen LogP contribution in [0.15, 0.2) is 42.5 Å². The quantitative estimate of drug-likeness (QED) is 0.414. The maximum Gasteiger partial charge on any atom is 0.251 e. The Bertz CT molecular complexity index is 1200. The van der Waals surface area contributed by atoms with Gasteiger partial charge in [0.1, 0.15) is 18.3 Å². The Balaban J connectivity index is 1.81. The topological polar surface area (TPSA) is 132 Å². The molecule has 0 radical (unpaired) electrons. The predicted octanol–water partition coefficient (Wildman–Crippen LogP) is 2.65. The number of aromatic hydroxyl groups is 1. The summed E-state index contributed by atoms with van der Waals surface area (Å²) in [6.07, 6.45) is 0.820. The van der Waals surface area contributed by atoms with Crippen molar-refractivity contribution in [1.82, 2.24) is 25.5 Å². The molecule has 0 aliphatic heterocycles. The summed E-state index contributed by atoms with van der Waals surface area (Å²) in [5.74, 6) is 1.04. The Morgan fingerprint density at radius 3 is 2.50 bits per heavy atom. The third-order valence-corrected chi connectivity index (χ3v) is 5.54. The fourth-order valence-electron chi connectivity index (χ4n) is 3.57. The van der Waals surface area contributed by atoms with Gasteiger partial charge in [0.05, 0.1) is 14.2 Å². The molecule has 11 nitrogen and oxygen atoms in total. The number of methoxy groups -OCH3 is 2. The summed E-state index contributed by atoms with van der Waals surface area (Å²) in [5, 5.41) is 25.2. The minimum absolute atomic E-state index is 0.0210. The van der Waals surface area contributed by atoms with Gasteiger partial charge in [0.15, 0.2) is 11.5 Å². The van der Waals surface area contributed by atoms with Crippen LogP contribution in [0.3, 0.4) is 0 Å². The monoisotopic (exact) mass is 496 g/mol. The first-order valence-electron chi connectivity index (χ1n) is 11.6. The van der Waals surface area contributed by atoms with Gasteiger partial charge in [-0.3, -0.25) is 14.5 Å². The van der Waals surface area contributed by atoms with Gasteiger partial charge in [-0.2, -0.15) is 4.80 Å². The van der Waals surface area contributed by atoms with E-state index < -0.39 is 11.9 Å². The highest BCUT2D eigenvalue weighted by Crippen LogP contribution is 2.30. The van der Waals surface area contributed by atoms with Crippen molar-refractivity contribution in [3.63, 3.8) is 0 Å². The summed E-state index contributed by atoms with van der Waals surface area (Å²) in [4.78, 5) is 28.7. The zero-order valence-corrected chi connectivity index (χ0v) is 21.1. The number of rotatable bonds is 11. The molecule has 1 heterocycles. The summed E-state index contributed by atoms with van der Waals surface area (Å²) in [6, 6.07) is 10.5. The molecule has 192 valence electrons. The second-order valence-corrected chi connectivity index (χ2v) is 8.65. The molecule has 0 fully saturated rings. The van der Waals surface area contributed by atoms with Gasteiger partial charge in [0, 0.05) is 23.9 Å². The van der Waals surface area contributed by atoms with Crippen LogP contribution in [0.2, 0.25) is 0 Å². The first-order valence-corrected chi connectivity index (χ1v) is 11.6. The number of nitrogens with one attached hydrogen (secondary N) is 1. The van der Waals surface area contributed by atoms with Gasteiger partial charge in [-0.15, -0.1) is 10.2 Å². The molecule has 3 rings (SSSR count).